The van der Waals surface area contributed by atoms with Crippen LogP contribution in [0.15, 0.2) is 47.2 Å². The fourth-order valence-corrected chi connectivity index (χ4v) is 4.41. The molecule has 0 fully saturated rings. The predicted molar refractivity (Wildman–Crippen MR) is 144 cm³/mol. The summed E-state index contributed by atoms with van der Waals surface area (Å²) in [4.78, 5) is 15.8. The van der Waals surface area contributed by atoms with Crippen LogP contribution in [-0.2, 0) is 0 Å². The summed E-state index contributed by atoms with van der Waals surface area (Å²) in [6.07, 6.45) is 6.82. The van der Waals surface area contributed by atoms with Gasteiger partial charge in [0.05, 0.1) is 18.4 Å². The summed E-state index contributed by atoms with van der Waals surface area (Å²) in [7, 11) is 1.29. The van der Waals surface area contributed by atoms with Crippen LogP contribution in [0, 0.1) is 24.0 Å². The Morgan fingerprint density at radius 3 is 2.53 bits per heavy atom. The van der Waals surface area contributed by atoms with E-state index >= 15 is 4.39 Å². The van der Waals surface area contributed by atoms with Crippen molar-refractivity contribution in [2.24, 2.45) is 10.4 Å². The molecule has 1 aliphatic carbocycles. The molecule has 0 radical (unpaired) electrons. The van der Waals surface area contributed by atoms with E-state index in [9.17, 15) is 14.4 Å². The number of nitrogens with zero attached hydrogens (tertiary/aromatic N) is 2. The summed E-state index contributed by atoms with van der Waals surface area (Å²) >= 11 is 0. The highest BCUT2D eigenvalue weighted by Crippen LogP contribution is 2.39. The molecule has 0 aromatic heterocycles. The number of hydrogen-bond acceptors (Lipinski definition) is 6. The number of aromatic carboxylic acids is 1. The van der Waals surface area contributed by atoms with E-state index in [0.717, 1.165) is 37.0 Å². The van der Waals surface area contributed by atoms with Gasteiger partial charge in [-0.1, -0.05) is 39.0 Å². The van der Waals surface area contributed by atoms with Crippen LogP contribution in [0.25, 0.3) is 5.57 Å². The number of carboxylic acids is 1. The first-order valence-corrected chi connectivity index (χ1v) is 12.5. The molecule has 9 heteroatoms. The highest BCUT2D eigenvalue weighted by molar-refractivity contribution is 6.02. The Balaban J connectivity index is 1.91. The van der Waals surface area contributed by atoms with Crippen LogP contribution >= 0.6 is 0 Å². The summed E-state index contributed by atoms with van der Waals surface area (Å²) in [5.41, 5.74) is 5.45. The fourth-order valence-electron chi connectivity index (χ4n) is 4.41. The molecule has 3 N–H and O–H groups in total. The van der Waals surface area contributed by atoms with Gasteiger partial charge in [0.15, 0.2) is 5.82 Å². The highest BCUT2D eigenvalue weighted by atomic mass is 19.1. The fraction of sp³-hybridized carbons (Fsp3) is 0.379. The van der Waals surface area contributed by atoms with Gasteiger partial charge in [0.2, 0.25) is 0 Å². The number of anilines is 1. The van der Waals surface area contributed by atoms with Crippen molar-refractivity contribution in [1.29, 1.82) is 0 Å². The standard InChI is InChI=1S/C29H35F2N3O4/c1-7-23(19-9-10-20(27(31)17(19)3)18-11-13-29(4,5)14-12-18)32-26(8-2)34(37)33-24-16-22(30)21(28(35)36)15-25(24)38-6/h8-11,15-16,33,37H,7,12-14H2,1-6H3,(H,35,36)/b26-8+,32-23+. The van der Waals surface area contributed by atoms with Gasteiger partial charge in [-0.15, -0.1) is 5.17 Å². The Morgan fingerprint density at radius 2 is 1.97 bits per heavy atom. The predicted octanol–water partition coefficient (Wildman–Crippen LogP) is 7.35. The molecule has 2 aromatic rings. The number of hydroxylamine groups is 1. The lowest BCUT2D eigenvalue weighted by atomic mass is 9.76. The van der Waals surface area contributed by atoms with Crippen LogP contribution in [0.1, 0.15) is 80.4 Å². The minimum absolute atomic E-state index is 0.00640. The first-order valence-electron chi connectivity index (χ1n) is 12.5. The second-order valence-corrected chi connectivity index (χ2v) is 10.0. The minimum Gasteiger partial charge on any atom is -0.494 e. The molecule has 0 heterocycles. The SMILES string of the molecule is C/C=C(\N=C(/CC)c1ccc(C2=CCC(C)(C)CC2)c(F)c1C)N(O)Nc1cc(F)c(C(=O)O)cc1OC. The molecule has 0 atom stereocenters. The van der Waals surface area contributed by atoms with E-state index in [1.807, 2.05) is 13.0 Å². The van der Waals surface area contributed by atoms with E-state index in [1.165, 1.54) is 13.2 Å². The number of carboxylic acid groups (broad SMARTS) is 1. The molecular formula is C29H35F2N3O4. The van der Waals surface area contributed by atoms with Crippen LogP contribution in [0.2, 0.25) is 0 Å². The van der Waals surface area contributed by atoms with Crippen molar-refractivity contribution in [3.05, 3.63) is 76.1 Å². The van der Waals surface area contributed by atoms with Crippen LogP contribution in [0.4, 0.5) is 14.5 Å². The number of halogens is 2. The second-order valence-electron chi connectivity index (χ2n) is 10.0. The van der Waals surface area contributed by atoms with Gasteiger partial charge in [-0.3, -0.25) is 10.6 Å². The summed E-state index contributed by atoms with van der Waals surface area (Å²) in [5, 5.41) is 20.4. The molecule has 0 saturated heterocycles. The van der Waals surface area contributed by atoms with Gasteiger partial charge in [-0.2, -0.15) is 0 Å². The number of ether oxygens (including phenoxy) is 1. The first-order chi connectivity index (χ1) is 17.9. The molecule has 2 aromatic carbocycles. The number of methoxy groups -OCH3 is 1. The molecule has 0 aliphatic heterocycles. The third-order valence-electron chi connectivity index (χ3n) is 6.82. The molecule has 3 rings (SSSR count). The van der Waals surface area contributed by atoms with Crippen molar-refractivity contribution in [3.8, 4) is 5.75 Å². The molecule has 7 nitrogen and oxygen atoms in total. The number of hydrazine groups is 1. The van der Waals surface area contributed by atoms with E-state index in [2.05, 4.69) is 30.3 Å². The normalized spacial score (nSPS) is 15.7. The summed E-state index contributed by atoms with van der Waals surface area (Å²) < 4.78 is 35.0. The van der Waals surface area contributed by atoms with Gasteiger partial charge >= 0.3 is 5.97 Å². The lowest BCUT2D eigenvalue weighted by molar-refractivity contribution is -0.0307. The number of benzene rings is 2. The zero-order valence-electron chi connectivity index (χ0n) is 22.7. The lowest BCUT2D eigenvalue weighted by Gasteiger charge is -2.29. The number of nitrogens with one attached hydrogen (secondary N) is 1. The summed E-state index contributed by atoms with van der Waals surface area (Å²) in [5.74, 6) is -2.66. The van der Waals surface area contributed by atoms with Crippen molar-refractivity contribution in [1.82, 2.24) is 5.17 Å². The maximum absolute atomic E-state index is 15.5. The van der Waals surface area contributed by atoms with Crippen molar-refractivity contribution in [2.75, 3.05) is 12.5 Å². The van der Waals surface area contributed by atoms with Crippen LogP contribution in [0.5, 0.6) is 5.75 Å². The minimum atomic E-state index is -1.45. The Morgan fingerprint density at radius 1 is 1.26 bits per heavy atom. The molecule has 1 aliphatic rings. The average molecular weight is 528 g/mol. The van der Waals surface area contributed by atoms with Gasteiger partial charge in [0, 0.05) is 17.2 Å². The quantitative estimate of drug-likeness (QED) is 0.233. The number of allylic oxidation sites excluding steroid dienone is 3. The van der Waals surface area contributed by atoms with Crippen molar-refractivity contribution >= 4 is 22.9 Å². The largest absolute Gasteiger partial charge is 0.494 e. The van der Waals surface area contributed by atoms with Gasteiger partial charge in [-0.25, -0.2) is 18.6 Å². The number of hydrogen-bond donors (Lipinski definition) is 3. The van der Waals surface area contributed by atoms with E-state index < -0.39 is 17.3 Å². The number of carbonyl (C=O) groups is 1. The van der Waals surface area contributed by atoms with Crippen molar-refractivity contribution < 1.29 is 28.6 Å². The zero-order valence-corrected chi connectivity index (χ0v) is 22.7. The maximum atomic E-state index is 15.5. The van der Waals surface area contributed by atoms with Gasteiger partial charge in [0.25, 0.3) is 0 Å². The Hall–Kier alpha value is -3.72. The second kappa shape index (κ2) is 11.8. The monoisotopic (exact) mass is 527 g/mol. The molecule has 0 unspecified atom stereocenters. The number of aliphatic imine (C=N–C) groups is 1. The van der Waals surface area contributed by atoms with E-state index in [-0.39, 0.29) is 28.5 Å². The van der Waals surface area contributed by atoms with E-state index in [0.29, 0.717) is 34.0 Å². The Labute approximate surface area is 222 Å². The molecule has 0 saturated carbocycles. The number of rotatable bonds is 9. The highest BCUT2D eigenvalue weighted by Gasteiger charge is 2.24. The Kier molecular flexibility index (Phi) is 8.93. The third kappa shape index (κ3) is 6.22. The Bertz CT molecular complexity index is 1320. The topological polar surface area (TPSA) is 94.4 Å². The molecular weight excluding hydrogens is 492 g/mol. The summed E-state index contributed by atoms with van der Waals surface area (Å²) in [6, 6.07) is 5.56. The maximum Gasteiger partial charge on any atom is 0.338 e. The van der Waals surface area contributed by atoms with Crippen LogP contribution in [0.3, 0.4) is 0 Å². The average Bonchev–Trinajstić information content (AvgIpc) is 2.87. The molecule has 0 amide bonds. The molecule has 38 heavy (non-hydrogen) atoms. The van der Waals surface area contributed by atoms with E-state index in [1.54, 1.807) is 19.9 Å². The van der Waals surface area contributed by atoms with Crippen molar-refractivity contribution in [2.45, 2.75) is 60.3 Å². The van der Waals surface area contributed by atoms with Crippen LogP contribution in [-0.4, -0.2) is 34.3 Å². The van der Waals surface area contributed by atoms with Crippen LogP contribution < -0.4 is 10.2 Å². The molecule has 204 valence electrons. The third-order valence-corrected chi connectivity index (χ3v) is 6.82. The van der Waals surface area contributed by atoms with Gasteiger partial charge < -0.3 is 9.84 Å². The lowest BCUT2D eigenvalue weighted by Crippen LogP contribution is -2.26. The van der Waals surface area contributed by atoms with E-state index in [4.69, 9.17) is 9.84 Å². The zero-order chi connectivity index (χ0) is 28.2. The van der Waals surface area contributed by atoms with Gasteiger partial charge in [0.1, 0.15) is 23.1 Å². The first kappa shape index (κ1) is 28.8. The smallest absolute Gasteiger partial charge is 0.338 e. The molecule has 0 bridgehead atoms. The van der Waals surface area contributed by atoms with Gasteiger partial charge in [-0.05, 0) is 68.2 Å². The molecule has 0 spiro atoms. The van der Waals surface area contributed by atoms with Crippen molar-refractivity contribution in [3.63, 3.8) is 0 Å². The summed E-state index contributed by atoms with van der Waals surface area (Å²) in [6.45, 7) is 9.67.